The van der Waals surface area contributed by atoms with Crippen molar-refractivity contribution in [1.29, 1.82) is 0 Å². The molecule has 0 spiro atoms. The molecule has 1 aliphatic heterocycles. The number of carbonyl (C=O) groups is 2. The fourth-order valence-electron chi connectivity index (χ4n) is 1.85. The van der Waals surface area contributed by atoms with E-state index in [1.54, 1.807) is 24.3 Å². The number of amides is 1. The Kier molecular flexibility index (Phi) is 3.04. The number of methoxy groups -OCH3 is 1. The van der Waals surface area contributed by atoms with Crippen LogP contribution in [0.3, 0.4) is 0 Å². The van der Waals surface area contributed by atoms with Gasteiger partial charge in [-0.3, -0.25) is 9.69 Å². The fraction of sp³-hybridized carbons (Fsp3) is 0.273. The lowest BCUT2D eigenvalue weighted by Gasteiger charge is -2.43. The van der Waals surface area contributed by atoms with E-state index in [0.717, 1.165) is 4.90 Å². The predicted octanol–water partition coefficient (Wildman–Crippen LogP) is 1.15. The third-order valence-electron chi connectivity index (χ3n) is 2.66. The van der Waals surface area contributed by atoms with Gasteiger partial charge in [-0.05, 0) is 12.1 Å². The molecule has 0 unspecified atom stereocenters. The standard InChI is InChI=1S/C11H10ClNO4/c1-17-9-8(11(15)16)13(10(9)14)7-5-3-2-4-6(7)12/h2-5,8-9H,1H3,(H,15,16)/t8-,9+/m0/s1. The summed E-state index contributed by atoms with van der Waals surface area (Å²) in [5, 5.41) is 9.39. The largest absolute Gasteiger partial charge is 0.480 e. The molecule has 1 saturated heterocycles. The monoisotopic (exact) mass is 255 g/mol. The molecule has 90 valence electrons. The van der Waals surface area contributed by atoms with Crippen molar-refractivity contribution in [2.45, 2.75) is 12.1 Å². The summed E-state index contributed by atoms with van der Waals surface area (Å²) < 4.78 is 4.85. The number of ether oxygens (including phenoxy) is 1. The van der Waals surface area contributed by atoms with Gasteiger partial charge in [0.05, 0.1) is 10.7 Å². The third-order valence-corrected chi connectivity index (χ3v) is 2.98. The molecule has 6 heteroatoms. The summed E-state index contributed by atoms with van der Waals surface area (Å²) in [7, 11) is 1.31. The lowest BCUT2D eigenvalue weighted by Crippen LogP contribution is -2.69. The van der Waals surface area contributed by atoms with Crippen molar-refractivity contribution in [3.63, 3.8) is 0 Å². The Hall–Kier alpha value is -1.59. The van der Waals surface area contributed by atoms with Gasteiger partial charge in [0, 0.05) is 7.11 Å². The minimum Gasteiger partial charge on any atom is -0.480 e. The van der Waals surface area contributed by atoms with Gasteiger partial charge in [0.15, 0.2) is 12.1 Å². The zero-order valence-electron chi connectivity index (χ0n) is 8.96. The SMILES string of the molecule is CO[C@H]1C(=O)N(c2ccccc2Cl)[C@@H]1C(=O)O. The molecular weight excluding hydrogens is 246 g/mol. The number of hydrogen-bond acceptors (Lipinski definition) is 3. The highest BCUT2D eigenvalue weighted by Gasteiger charge is 2.53. The summed E-state index contributed by atoms with van der Waals surface area (Å²) in [6, 6.07) is 5.57. The van der Waals surface area contributed by atoms with E-state index in [2.05, 4.69) is 0 Å². The Morgan fingerprint density at radius 3 is 2.65 bits per heavy atom. The predicted molar refractivity (Wildman–Crippen MR) is 61.2 cm³/mol. The van der Waals surface area contributed by atoms with Gasteiger partial charge < -0.3 is 9.84 Å². The molecule has 0 bridgehead atoms. The second kappa shape index (κ2) is 4.35. The summed E-state index contributed by atoms with van der Waals surface area (Å²) in [5.74, 6) is -1.51. The van der Waals surface area contributed by atoms with Crippen LogP contribution in [-0.2, 0) is 14.3 Å². The minimum absolute atomic E-state index is 0.335. The van der Waals surface area contributed by atoms with Gasteiger partial charge in [-0.15, -0.1) is 0 Å². The van der Waals surface area contributed by atoms with E-state index in [1.807, 2.05) is 0 Å². The Labute approximate surface area is 103 Å². The molecule has 1 aliphatic rings. The van der Waals surface area contributed by atoms with Gasteiger partial charge >= 0.3 is 5.97 Å². The Bertz CT molecular complexity index is 476. The molecule has 17 heavy (non-hydrogen) atoms. The van der Waals surface area contributed by atoms with E-state index in [0.29, 0.717) is 10.7 Å². The first-order valence-electron chi connectivity index (χ1n) is 4.91. The van der Waals surface area contributed by atoms with Gasteiger partial charge in [-0.25, -0.2) is 4.79 Å². The number of rotatable bonds is 3. The molecule has 1 N–H and O–H groups in total. The van der Waals surface area contributed by atoms with Crippen LogP contribution in [0.4, 0.5) is 5.69 Å². The maximum atomic E-state index is 11.7. The first kappa shape index (κ1) is 11.9. The molecule has 0 aliphatic carbocycles. The third kappa shape index (κ3) is 1.77. The average molecular weight is 256 g/mol. The average Bonchev–Trinajstić information content (AvgIpc) is 2.28. The molecule has 1 fully saturated rings. The molecule has 2 atom stereocenters. The van der Waals surface area contributed by atoms with Crippen LogP contribution in [0, 0.1) is 0 Å². The summed E-state index contributed by atoms with van der Waals surface area (Å²) in [6.45, 7) is 0. The maximum absolute atomic E-state index is 11.7. The lowest BCUT2D eigenvalue weighted by molar-refractivity contribution is -0.155. The van der Waals surface area contributed by atoms with Crippen molar-refractivity contribution >= 4 is 29.2 Å². The van der Waals surface area contributed by atoms with Crippen molar-refractivity contribution < 1.29 is 19.4 Å². The number of para-hydroxylation sites is 1. The van der Waals surface area contributed by atoms with E-state index in [-0.39, 0.29) is 0 Å². The topological polar surface area (TPSA) is 66.8 Å². The normalized spacial score (nSPS) is 23.4. The molecule has 1 aromatic carbocycles. The second-order valence-electron chi connectivity index (χ2n) is 3.60. The van der Waals surface area contributed by atoms with Crippen molar-refractivity contribution in [2.24, 2.45) is 0 Å². The van der Waals surface area contributed by atoms with Crippen LogP contribution < -0.4 is 4.90 Å². The van der Waals surface area contributed by atoms with E-state index < -0.39 is 24.0 Å². The van der Waals surface area contributed by atoms with E-state index in [1.165, 1.54) is 7.11 Å². The second-order valence-corrected chi connectivity index (χ2v) is 4.01. The Morgan fingerprint density at radius 1 is 1.47 bits per heavy atom. The molecule has 1 amide bonds. The number of hydrogen-bond donors (Lipinski definition) is 1. The number of nitrogens with zero attached hydrogens (tertiary/aromatic N) is 1. The van der Waals surface area contributed by atoms with Gasteiger partial charge in [0.25, 0.3) is 5.91 Å². The maximum Gasteiger partial charge on any atom is 0.330 e. The summed E-state index contributed by atoms with van der Waals surface area (Å²) >= 11 is 5.93. The van der Waals surface area contributed by atoms with Gasteiger partial charge in [0.1, 0.15) is 0 Å². The van der Waals surface area contributed by atoms with E-state index in [4.69, 9.17) is 21.4 Å². The van der Waals surface area contributed by atoms with Crippen molar-refractivity contribution in [3.8, 4) is 0 Å². The smallest absolute Gasteiger partial charge is 0.330 e. The Balaban J connectivity index is 2.36. The van der Waals surface area contributed by atoms with Crippen LogP contribution in [0.15, 0.2) is 24.3 Å². The highest BCUT2D eigenvalue weighted by molar-refractivity contribution is 6.34. The van der Waals surface area contributed by atoms with Crippen LogP contribution >= 0.6 is 11.6 Å². The lowest BCUT2D eigenvalue weighted by atomic mass is 9.96. The summed E-state index contributed by atoms with van der Waals surface area (Å²) in [4.78, 5) is 24.0. The molecule has 0 aromatic heterocycles. The number of aliphatic carboxylic acids is 1. The number of anilines is 1. The van der Waals surface area contributed by atoms with Crippen molar-refractivity contribution in [1.82, 2.24) is 0 Å². The number of halogens is 1. The van der Waals surface area contributed by atoms with Crippen LogP contribution in [0.5, 0.6) is 0 Å². The highest BCUT2D eigenvalue weighted by Crippen LogP contribution is 2.34. The highest BCUT2D eigenvalue weighted by atomic mass is 35.5. The zero-order chi connectivity index (χ0) is 12.6. The fourth-order valence-corrected chi connectivity index (χ4v) is 2.07. The Morgan fingerprint density at radius 2 is 2.12 bits per heavy atom. The quantitative estimate of drug-likeness (QED) is 0.823. The van der Waals surface area contributed by atoms with Crippen molar-refractivity contribution in [3.05, 3.63) is 29.3 Å². The van der Waals surface area contributed by atoms with Crippen LogP contribution in [0.25, 0.3) is 0 Å². The summed E-state index contributed by atoms with van der Waals surface area (Å²) in [5.41, 5.74) is 0.389. The molecular formula is C11H10ClNO4. The van der Waals surface area contributed by atoms with Gasteiger partial charge in [0.2, 0.25) is 0 Å². The number of carboxylic acids is 1. The molecule has 0 saturated carbocycles. The van der Waals surface area contributed by atoms with Gasteiger partial charge in [-0.2, -0.15) is 0 Å². The summed E-state index contributed by atoms with van der Waals surface area (Å²) in [6.07, 6.45) is -0.941. The van der Waals surface area contributed by atoms with E-state index in [9.17, 15) is 9.59 Å². The zero-order valence-corrected chi connectivity index (χ0v) is 9.72. The number of β-lactam (4-membered cyclic amide) rings is 1. The van der Waals surface area contributed by atoms with Crippen LogP contribution in [-0.4, -0.2) is 36.2 Å². The van der Waals surface area contributed by atoms with E-state index >= 15 is 0 Å². The number of carboxylic acid groups (broad SMARTS) is 1. The molecule has 2 rings (SSSR count). The molecule has 1 heterocycles. The van der Waals surface area contributed by atoms with Crippen LogP contribution in [0.2, 0.25) is 5.02 Å². The molecule has 5 nitrogen and oxygen atoms in total. The first-order valence-corrected chi connectivity index (χ1v) is 5.29. The minimum atomic E-state index is -1.11. The number of benzene rings is 1. The first-order chi connectivity index (χ1) is 8.07. The molecule has 0 radical (unpaired) electrons. The van der Waals surface area contributed by atoms with Crippen molar-refractivity contribution in [2.75, 3.05) is 12.0 Å². The van der Waals surface area contributed by atoms with Gasteiger partial charge in [-0.1, -0.05) is 23.7 Å². The van der Waals surface area contributed by atoms with Crippen LogP contribution in [0.1, 0.15) is 0 Å². The number of carbonyl (C=O) groups excluding carboxylic acids is 1. The molecule has 1 aromatic rings.